The molecule has 2 amide bonds. The van der Waals surface area contributed by atoms with Gasteiger partial charge in [0.05, 0.1) is 5.75 Å². The van der Waals surface area contributed by atoms with Crippen molar-refractivity contribution in [2.24, 2.45) is 0 Å². The molecule has 33 heavy (non-hydrogen) atoms. The van der Waals surface area contributed by atoms with Gasteiger partial charge in [0.15, 0.2) is 5.16 Å². The third kappa shape index (κ3) is 6.25. The lowest BCUT2D eigenvalue weighted by Gasteiger charge is -2.10. The molecule has 0 aliphatic heterocycles. The molecular weight excluding hydrogens is 456 g/mol. The van der Waals surface area contributed by atoms with E-state index in [0.29, 0.717) is 28.0 Å². The van der Waals surface area contributed by atoms with Crippen molar-refractivity contribution < 1.29 is 9.59 Å². The third-order valence-corrected chi connectivity index (χ3v) is 5.97. The quantitative estimate of drug-likeness (QED) is 0.343. The van der Waals surface area contributed by atoms with Crippen molar-refractivity contribution in [1.29, 1.82) is 0 Å². The Balaban J connectivity index is 1.39. The van der Waals surface area contributed by atoms with Crippen LogP contribution < -0.4 is 10.6 Å². The number of anilines is 1. The van der Waals surface area contributed by atoms with Gasteiger partial charge < -0.3 is 10.6 Å². The highest BCUT2D eigenvalue weighted by Crippen LogP contribution is 2.22. The summed E-state index contributed by atoms with van der Waals surface area (Å²) in [5.41, 5.74) is 3.06. The molecule has 0 bridgehead atoms. The number of nitrogens with one attached hydrogen (secondary N) is 2. The smallest absolute Gasteiger partial charge is 0.251 e. The number of hydrogen-bond acceptors (Lipinski definition) is 4. The number of hydrogen-bond donors (Lipinski definition) is 2. The summed E-state index contributed by atoms with van der Waals surface area (Å²) in [6, 6.07) is 24.0. The fourth-order valence-electron chi connectivity index (χ4n) is 3.13. The molecule has 0 radical (unpaired) electrons. The summed E-state index contributed by atoms with van der Waals surface area (Å²) < 4.78 is 1.86. The number of imidazole rings is 1. The van der Waals surface area contributed by atoms with E-state index in [2.05, 4.69) is 15.6 Å². The van der Waals surface area contributed by atoms with Gasteiger partial charge in [-0.1, -0.05) is 59.8 Å². The maximum Gasteiger partial charge on any atom is 0.251 e. The maximum absolute atomic E-state index is 12.6. The van der Waals surface area contributed by atoms with Crippen molar-refractivity contribution in [3.05, 3.63) is 107 Å². The predicted octanol–water partition coefficient (Wildman–Crippen LogP) is 5.19. The molecule has 4 aromatic rings. The molecule has 0 saturated heterocycles. The van der Waals surface area contributed by atoms with Gasteiger partial charge in [0.1, 0.15) is 0 Å². The fraction of sp³-hybridized carbons (Fsp3) is 0.0800. The van der Waals surface area contributed by atoms with E-state index in [-0.39, 0.29) is 17.6 Å². The lowest BCUT2D eigenvalue weighted by atomic mass is 10.1. The highest BCUT2D eigenvalue weighted by atomic mass is 35.5. The summed E-state index contributed by atoms with van der Waals surface area (Å²) in [4.78, 5) is 29.3. The van der Waals surface area contributed by atoms with Crippen molar-refractivity contribution in [3.63, 3.8) is 0 Å². The average Bonchev–Trinajstić information content (AvgIpc) is 3.32. The molecule has 0 saturated carbocycles. The first-order valence-electron chi connectivity index (χ1n) is 10.2. The van der Waals surface area contributed by atoms with Crippen molar-refractivity contribution >= 4 is 40.9 Å². The van der Waals surface area contributed by atoms with Gasteiger partial charge in [0.2, 0.25) is 5.91 Å². The number of aromatic nitrogens is 2. The Labute approximate surface area is 201 Å². The Morgan fingerprint density at radius 2 is 1.76 bits per heavy atom. The minimum atomic E-state index is -0.155. The molecular formula is C25H21ClN4O2S. The molecule has 8 heteroatoms. The van der Waals surface area contributed by atoms with Crippen LogP contribution in [0, 0.1) is 0 Å². The monoisotopic (exact) mass is 476 g/mol. The average molecular weight is 477 g/mol. The van der Waals surface area contributed by atoms with E-state index < -0.39 is 0 Å². The Hall–Kier alpha value is -3.55. The summed E-state index contributed by atoms with van der Waals surface area (Å²) in [5.74, 6) is -0.111. The Kier molecular flexibility index (Phi) is 7.44. The van der Waals surface area contributed by atoms with Crippen LogP contribution in [0.1, 0.15) is 15.9 Å². The van der Waals surface area contributed by atoms with Gasteiger partial charge >= 0.3 is 0 Å². The Morgan fingerprint density at radius 3 is 2.55 bits per heavy atom. The second-order valence-corrected chi connectivity index (χ2v) is 8.52. The first-order chi connectivity index (χ1) is 16.1. The number of halogens is 1. The van der Waals surface area contributed by atoms with E-state index in [9.17, 15) is 9.59 Å². The second-order valence-electron chi connectivity index (χ2n) is 7.14. The number of rotatable bonds is 8. The first kappa shape index (κ1) is 22.6. The van der Waals surface area contributed by atoms with Crippen molar-refractivity contribution in [3.8, 4) is 5.69 Å². The highest BCUT2D eigenvalue weighted by Gasteiger charge is 2.12. The van der Waals surface area contributed by atoms with Crippen LogP contribution in [0.5, 0.6) is 0 Å². The molecule has 0 spiro atoms. The van der Waals surface area contributed by atoms with Crippen LogP contribution in [0.15, 0.2) is 96.4 Å². The zero-order chi connectivity index (χ0) is 23.0. The molecule has 6 nitrogen and oxygen atoms in total. The molecule has 1 heterocycles. The topological polar surface area (TPSA) is 76.0 Å². The number of thioether (sulfide) groups is 1. The Morgan fingerprint density at radius 1 is 0.970 bits per heavy atom. The van der Waals surface area contributed by atoms with E-state index in [1.54, 1.807) is 48.8 Å². The van der Waals surface area contributed by atoms with Crippen LogP contribution in [-0.4, -0.2) is 27.1 Å². The predicted molar refractivity (Wildman–Crippen MR) is 132 cm³/mol. The molecule has 2 N–H and O–H groups in total. The van der Waals surface area contributed by atoms with E-state index in [0.717, 1.165) is 11.3 Å². The molecule has 1 aromatic heterocycles. The molecule has 4 rings (SSSR count). The number of carbonyl (C=O) groups excluding carboxylic acids is 2. The molecule has 0 aliphatic carbocycles. The second kappa shape index (κ2) is 10.8. The van der Waals surface area contributed by atoms with Crippen LogP contribution in [-0.2, 0) is 11.3 Å². The van der Waals surface area contributed by atoms with Crippen LogP contribution in [0.4, 0.5) is 5.69 Å². The van der Waals surface area contributed by atoms with Gasteiger partial charge in [-0.3, -0.25) is 14.2 Å². The maximum atomic E-state index is 12.6. The zero-order valence-corrected chi connectivity index (χ0v) is 19.1. The zero-order valence-electron chi connectivity index (χ0n) is 17.6. The number of carbonyl (C=O) groups is 2. The minimum absolute atomic E-state index is 0.147. The largest absolute Gasteiger partial charge is 0.348 e. The van der Waals surface area contributed by atoms with E-state index in [1.807, 2.05) is 47.0 Å². The van der Waals surface area contributed by atoms with Crippen LogP contribution in [0.3, 0.4) is 0 Å². The van der Waals surface area contributed by atoms with E-state index in [4.69, 9.17) is 11.6 Å². The van der Waals surface area contributed by atoms with Crippen molar-refractivity contribution in [2.75, 3.05) is 11.1 Å². The van der Waals surface area contributed by atoms with Crippen molar-refractivity contribution in [2.45, 2.75) is 11.7 Å². The number of benzene rings is 3. The van der Waals surface area contributed by atoms with Gasteiger partial charge in [-0.25, -0.2) is 4.98 Å². The third-order valence-electron chi connectivity index (χ3n) is 4.75. The van der Waals surface area contributed by atoms with Crippen LogP contribution in [0.25, 0.3) is 5.69 Å². The molecule has 0 atom stereocenters. The first-order valence-corrected chi connectivity index (χ1v) is 11.6. The highest BCUT2D eigenvalue weighted by molar-refractivity contribution is 7.99. The van der Waals surface area contributed by atoms with E-state index >= 15 is 0 Å². The van der Waals surface area contributed by atoms with Gasteiger partial charge in [0.25, 0.3) is 5.91 Å². The van der Waals surface area contributed by atoms with Crippen LogP contribution >= 0.6 is 23.4 Å². The van der Waals surface area contributed by atoms with Crippen LogP contribution in [0.2, 0.25) is 5.02 Å². The van der Waals surface area contributed by atoms with Gasteiger partial charge in [-0.15, -0.1) is 0 Å². The van der Waals surface area contributed by atoms with E-state index in [1.165, 1.54) is 11.8 Å². The summed E-state index contributed by atoms with van der Waals surface area (Å²) in [5, 5.41) is 7.04. The number of nitrogens with zero attached hydrogens (tertiary/aromatic N) is 2. The Bertz CT molecular complexity index is 1240. The lowest BCUT2D eigenvalue weighted by molar-refractivity contribution is -0.113. The molecule has 3 aromatic carbocycles. The summed E-state index contributed by atoms with van der Waals surface area (Å²) in [6.45, 7) is 0.457. The SMILES string of the molecule is O=C(CSc1nccn1-c1cccc(C(=O)NCc2ccccc2)c1)Nc1ccc(Cl)cc1. The van der Waals surface area contributed by atoms with Gasteiger partial charge in [0, 0.05) is 40.9 Å². The summed E-state index contributed by atoms with van der Waals surface area (Å²) >= 11 is 7.19. The van der Waals surface area contributed by atoms with Crippen molar-refractivity contribution in [1.82, 2.24) is 14.9 Å². The molecule has 0 aliphatic rings. The van der Waals surface area contributed by atoms with Gasteiger partial charge in [-0.05, 0) is 48.0 Å². The summed E-state index contributed by atoms with van der Waals surface area (Å²) in [6.07, 6.45) is 3.47. The normalized spacial score (nSPS) is 10.6. The number of amides is 2. The standard InChI is InChI=1S/C25H21ClN4O2S/c26-20-9-11-21(12-10-20)29-23(31)17-33-25-27-13-14-30(25)22-8-4-7-19(15-22)24(32)28-16-18-5-2-1-3-6-18/h1-15H,16-17H2,(H,28,32)(H,29,31). The fourth-order valence-corrected chi connectivity index (χ4v) is 4.03. The molecule has 0 unspecified atom stereocenters. The summed E-state index contributed by atoms with van der Waals surface area (Å²) in [7, 11) is 0. The van der Waals surface area contributed by atoms with Gasteiger partial charge in [-0.2, -0.15) is 0 Å². The molecule has 166 valence electrons. The minimum Gasteiger partial charge on any atom is -0.348 e. The molecule has 0 fully saturated rings. The lowest BCUT2D eigenvalue weighted by Crippen LogP contribution is -2.22.